The molecule has 3 aliphatic rings. The molecule has 1 fully saturated rings. The van der Waals surface area contributed by atoms with Gasteiger partial charge in [0.1, 0.15) is 11.4 Å². The monoisotopic (exact) mass is 406 g/mol. The number of allylic oxidation sites excluding steroid dienone is 2. The number of carbonyl (C=O) groups is 1. The lowest BCUT2D eigenvalue weighted by molar-refractivity contribution is -0.704. The maximum atomic E-state index is 11.3. The molecule has 4 N–H and O–H groups in total. The third-order valence-corrected chi connectivity index (χ3v) is 6.34. The van der Waals surface area contributed by atoms with Crippen LogP contribution >= 0.6 is 0 Å². The summed E-state index contributed by atoms with van der Waals surface area (Å²) in [6.45, 7) is 0. The fourth-order valence-corrected chi connectivity index (χ4v) is 4.61. The summed E-state index contributed by atoms with van der Waals surface area (Å²) >= 11 is 0. The molecule has 1 atom stereocenters. The number of ether oxygens (including phenoxy) is 1. The molecule has 2 aliphatic heterocycles. The van der Waals surface area contributed by atoms with Gasteiger partial charge in [-0.05, 0) is 37.8 Å². The van der Waals surface area contributed by atoms with E-state index >= 15 is 0 Å². The zero-order valence-corrected chi connectivity index (χ0v) is 16.7. The van der Waals surface area contributed by atoms with Crippen LogP contribution in [0.15, 0.2) is 57.9 Å². The molecule has 1 aliphatic carbocycles. The van der Waals surface area contributed by atoms with E-state index in [2.05, 4.69) is 9.98 Å². The molecule has 1 aromatic heterocycles. The molecule has 1 saturated carbocycles. The lowest BCUT2D eigenvalue weighted by Crippen LogP contribution is -2.56. The zero-order chi connectivity index (χ0) is 20.9. The number of carboxylic acid groups (broad SMARTS) is 1. The van der Waals surface area contributed by atoms with Gasteiger partial charge in [0.15, 0.2) is 5.70 Å². The van der Waals surface area contributed by atoms with Gasteiger partial charge >= 0.3 is 5.97 Å². The van der Waals surface area contributed by atoms with Gasteiger partial charge < -0.3 is 14.8 Å². The Kier molecular flexibility index (Phi) is 4.34. The molecule has 0 amide bonds. The fraction of sp³-hybridized carbons (Fsp3) is 0.318. The number of aliphatic imine (C=N–C) groups is 2. The predicted octanol–water partition coefficient (Wildman–Crippen LogP) is 3.29. The van der Waals surface area contributed by atoms with Crippen molar-refractivity contribution in [1.29, 1.82) is 0 Å². The van der Waals surface area contributed by atoms with Gasteiger partial charge in [-0.15, -0.1) is 4.59 Å². The van der Waals surface area contributed by atoms with Gasteiger partial charge in [-0.1, -0.05) is 12.1 Å². The third kappa shape index (κ3) is 2.88. The predicted molar refractivity (Wildman–Crippen MR) is 114 cm³/mol. The molecule has 2 aromatic rings. The minimum absolute atomic E-state index is 0.0941. The number of aromatic amines is 1. The second kappa shape index (κ2) is 6.93. The Hall–Kier alpha value is -3.23. The van der Waals surface area contributed by atoms with E-state index in [1.54, 1.807) is 19.6 Å². The number of fused-ring (bicyclic) bond motifs is 2. The number of rotatable bonds is 4. The van der Waals surface area contributed by atoms with E-state index in [0.717, 1.165) is 46.6 Å². The molecule has 0 spiro atoms. The Morgan fingerprint density at radius 2 is 2.10 bits per heavy atom. The molecule has 5 rings (SSSR count). The molecule has 1 aromatic carbocycles. The summed E-state index contributed by atoms with van der Waals surface area (Å²) in [7, 11) is 1.65. The molecular formula is C22H24N5O3+. The highest BCUT2D eigenvalue weighted by Gasteiger charge is 2.43. The van der Waals surface area contributed by atoms with E-state index in [-0.39, 0.29) is 16.4 Å². The number of amidine groups is 1. The fourth-order valence-electron chi connectivity index (χ4n) is 4.61. The molecular weight excluding hydrogens is 382 g/mol. The minimum Gasteiger partial charge on any atom is -0.495 e. The largest absolute Gasteiger partial charge is 0.495 e. The molecule has 3 heterocycles. The number of hydrogen-bond donors (Lipinski definition) is 3. The van der Waals surface area contributed by atoms with Crippen molar-refractivity contribution >= 4 is 29.0 Å². The molecule has 8 heteroatoms. The van der Waals surface area contributed by atoms with E-state index in [9.17, 15) is 9.90 Å². The highest BCUT2D eigenvalue weighted by molar-refractivity contribution is 6.03. The summed E-state index contributed by atoms with van der Waals surface area (Å²) in [5, 5.41) is 10.3. The molecule has 0 radical (unpaired) electrons. The first-order valence-electron chi connectivity index (χ1n) is 10.1. The molecule has 154 valence electrons. The number of aliphatic carboxylic acids is 1. The Balaban J connectivity index is 1.55. The SMILES string of the molecule is COc1cccc2cc(C3=NC(C4CCC(C(=O)O)CC4)=CC4=CN=C[N+]43N)[nH]c12. The molecule has 0 bridgehead atoms. The van der Waals surface area contributed by atoms with Crippen LogP contribution in [0.1, 0.15) is 31.4 Å². The zero-order valence-electron chi connectivity index (χ0n) is 16.7. The van der Waals surface area contributed by atoms with Gasteiger partial charge in [-0.2, -0.15) is 10.8 Å². The first kappa shape index (κ1) is 18.8. The summed E-state index contributed by atoms with van der Waals surface area (Å²) in [5.74, 6) is 7.38. The second-order valence-electron chi connectivity index (χ2n) is 8.09. The summed E-state index contributed by atoms with van der Waals surface area (Å²) < 4.78 is 5.39. The summed E-state index contributed by atoms with van der Waals surface area (Å²) in [5.41, 5.74) is 3.49. The van der Waals surface area contributed by atoms with Crippen molar-refractivity contribution in [3.63, 3.8) is 0 Å². The van der Waals surface area contributed by atoms with Gasteiger partial charge in [0.05, 0.1) is 30.4 Å². The number of H-pyrrole nitrogens is 1. The van der Waals surface area contributed by atoms with Crippen LogP contribution in [0, 0.1) is 11.8 Å². The van der Waals surface area contributed by atoms with Crippen LogP contribution in [-0.4, -0.2) is 39.9 Å². The highest BCUT2D eigenvalue weighted by atomic mass is 16.5. The van der Waals surface area contributed by atoms with Crippen molar-refractivity contribution < 1.29 is 19.2 Å². The van der Waals surface area contributed by atoms with Crippen molar-refractivity contribution in [2.75, 3.05) is 7.11 Å². The van der Waals surface area contributed by atoms with Gasteiger partial charge in [0.25, 0.3) is 5.84 Å². The highest BCUT2D eigenvalue weighted by Crippen LogP contribution is 2.39. The Labute approximate surface area is 173 Å². The van der Waals surface area contributed by atoms with Crippen molar-refractivity contribution in [1.82, 2.24) is 4.98 Å². The Morgan fingerprint density at radius 3 is 2.83 bits per heavy atom. The van der Waals surface area contributed by atoms with Gasteiger partial charge in [0.2, 0.25) is 6.34 Å². The Bertz CT molecular complexity index is 1150. The van der Waals surface area contributed by atoms with E-state index in [1.807, 2.05) is 30.3 Å². The molecule has 1 unspecified atom stereocenters. The summed E-state index contributed by atoms with van der Waals surface area (Å²) in [6.07, 6.45) is 8.39. The number of para-hydroxylation sites is 1. The lowest BCUT2D eigenvalue weighted by Gasteiger charge is -2.32. The standard InChI is InChI=1S/C22H23N5O3/c1-30-19-4-2-3-15-9-18(25-20(15)19)21-26-17(10-16-11-24-12-27(16,21)23)13-5-7-14(8-6-13)22(28)29/h2-4,9-14H,5-8,23H2,1H3,(H-,25,26,28,29)/p+1. The first-order chi connectivity index (χ1) is 14.5. The van der Waals surface area contributed by atoms with Crippen molar-refractivity contribution in [3.05, 3.63) is 53.6 Å². The van der Waals surface area contributed by atoms with Crippen LogP contribution < -0.4 is 10.6 Å². The molecule has 8 nitrogen and oxygen atoms in total. The van der Waals surface area contributed by atoms with Gasteiger partial charge in [-0.3, -0.25) is 4.79 Å². The minimum atomic E-state index is -0.702. The number of carboxylic acids is 1. The summed E-state index contributed by atoms with van der Waals surface area (Å²) in [4.78, 5) is 24.0. The number of nitrogens with zero attached hydrogens (tertiary/aromatic N) is 3. The van der Waals surface area contributed by atoms with Crippen LogP contribution in [0.25, 0.3) is 10.9 Å². The van der Waals surface area contributed by atoms with Crippen LogP contribution in [0.5, 0.6) is 5.75 Å². The average molecular weight is 406 g/mol. The quantitative estimate of drug-likeness (QED) is 0.534. The van der Waals surface area contributed by atoms with Crippen molar-refractivity contribution in [2.45, 2.75) is 25.7 Å². The Morgan fingerprint density at radius 1 is 1.30 bits per heavy atom. The number of benzene rings is 1. The normalized spacial score (nSPS) is 28.0. The molecule has 0 saturated heterocycles. The smallest absolute Gasteiger partial charge is 0.306 e. The van der Waals surface area contributed by atoms with Crippen LogP contribution in [0.3, 0.4) is 0 Å². The number of methoxy groups -OCH3 is 1. The van der Waals surface area contributed by atoms with Gasteiger partial charge in [0, 0.05) is 17.4 Å². The van der Waals surface area contributed by atoms with E-state index in [1.165, 1.54) is 0 Å². The number of nitrogens with two attached hydrogens (primary N) is 1. The second-order valence-corrected chi connectivity index (χ2v) is 8.09. The topological polar surface area (TPSA) is 113 Å². The average Bonchev–Trinajstić information content (AvgIpc) is 3.35. The summed E-state index contributed by atoms with van der Waals surface area (Å²) in [6, 6.07) is 7.90. The van der Waals surface area contributed by atoms with E-state index in [4.69, 9.17) is 15.6 Å². The van der Waals surface area contributed by atoms with Crippen LogP contribution in [-0.2, 0) is 4.79 Å². The maximum Gasteiger partial charge on any atom is 0.306 e. The number of quaternary nitrogens is 1. The van der Waals surface area contributed by atoms with Crippen LogP contribution in [0.4, 0.5) is 0 Å². The molecule has 30 heavy (non-hydrogen) atoms. The number of aromatic nitrogens is 1. The lowest BCUT2D eigenvalue weighted by atomic mass is 9.80. The first-order valence-corrected chi connectivity index (χ1v) is 10.1. The maximum absolute atomic E-state index is 11.3. The number of hydrogen-bond acceptors (Lipinski definition) is 5. The third-order valence-electron chi connectivity index (χ3n) is 6.34. The van der Waals surface area contributed by atoms with E-state index < -0.39 is 5.97 Å². The van der Waals surface area contributed by atoms with Gasteiger partial charge in [-0.25, -0.2) is 4.99 Å². The van der Waals surface area contributed by atoms with Crippen LogP contribution in [0.2, 0.25) is 0 Å². The van der Waals surface area contributed by atoms with Crippen molar-refractivity contribution in [2.24, 2.45) is 27.7 Å². The van der Waals surface area contributed by atoms with Crippen molar-refractivity contribution in [3.8, 4) is 5.75 Å². The number of nitrogens with one attached hydrogen (secondary N) is 1. The van der Waals surface area contributed by atoms with E-state index in [0.29, 0.717) is 18.7 Å².